The third-order valence-corrected chi connectivity index (χ3v) is 10.4. The number of hydrogen-bond acceptors (Lipinski definition) is 5. The number of aryl methyl sites for hydroxylation is 2. The molecular formula is C26H27NO4S3. The lowest BCUT2D eigenvalue weighted by molar-refractivity contribution is 0.312. The molecule has 0 fully saturated rings. The van der Waals surface area contributed by atoms with E-state index in [1.54, 1.807) is 48.5 Å². The summed E-state index contributed by atoms with van der Waals surface area (Å²) in [4.78, 5) is 1.10. The van der Waals surface area contributed by atoms with Crippen LogP contribution in [-0.2, 0) is 19.9 Å². The third kappa shape index (κ3) is 4.67. The number of fused-ring (bicyclic) bond motifs is 1. The Labute approximate surface area is 206 Å². The van der Waals surface area contributed by atoms with Crippen LogP contribution in [0.4, 0.5) is 0 Å². The molecule has 34 heavy (non-hydrogen) atoms. The highest BCUT2D eigenvalue weighted by atomic mass is 32.2. The summed E-state index contributed by atoms with van der Waals surface area (Å²) < 4.78 is 55.9. The van der Waals surface area contributed by atoms with Gasteiger partial charge in [-0.25, -0.2) is 16.8 Å². The average molecular weight is 514 g/mol. The molecular weight excluding hydrogens is 486 g/mol. The van der Waals surface area contributed by atoms with Crippen molar-refractivity contribution in [1.82, 2.24) is 4.31 Å². The highest BCUT2D eigenvalue weighted by Crippen LogP contribution is 2.50. The molecule has 0 unspecified atom stereocenters. The third-order valence-electron chi connectivity index (χ3n) is 5.74. The minimum atomic E-state index is -4.05. The van der Waals surface area contributed by atoms with Gasteiger partial charge in [0.2, 0.25) is 9.84 Å². The second-order valence-corrected chi connectivity index (χ2v) is 13.4. The van der Waals surface area contributed by atoms with Crippen molar-refractivity contribution in [2.75, 3.05) is 0 Å². The van der Waals surface area contributed by atoms with Gasteiger partial charge in [0.05, 0.1) is 21.2 Å². The van der Waals surface area contributed by atoms with E-state index in [4.69, 9.17) is 0 Å². The first-order valence-electron chi connectivity index (χ1n) is 10.9. The fraction of sp³-hybridized carbons (Fsp3) is 0.231. The molecule has 0 aromatic heterocycles. The van der Waals surface area contributed by atoms with Gasteiger partial charge in [-0.1, -0.05) is 79.2 Å². The average Bonchev–Trinajstić information content (AvgIpc) is 2.78. The van der Waals surface area contributed by atoms with Gasteiger partial charge in [-0.05, 0) is 55.7 Å². The van der Waals surface area contributed by atoms with Crippen LogP contribution in [0.25, 0.3) is 0 Å². The molecule has 0 amide bonds. The number of benzene rings is 3. The Morgan fingerprint density at radius 1 is 0.794 bits per heavy atom. The van der Waals surface area contributed by atoms with Crippen molar-refractivity contribution in [3.63, 3.8) is 0 Å². The lowest BCUT2D eigenvalue weighted by atomic mass is 9.96. The first kappa shape index (κ1) is 24.6. The maximum atomic E-state index is 14.0. The van der Waals surface area contributed by atoms with Crippen LogP contribution < -0.4 is 0 Å². The van der Waals surface area contributed by atoms with Crippen LogP contribution in [0.15, 0.2) is 97.9 Å². The van der Waals surface area contributed by atoms with Crippen molar-refractivity contribution in [3.05, 3.63) is 99.9 Å². The Bertz CT molecular complexity index is 1440. The second kappa shape index (κ2) is 9.24. The standard InChI is InChI=1S/C26H27NO4S3/c1-18(2)26-23-7-5-6-8-24(23)32-25(17-33(28,29)21-13-9-19(3)10-14-21)27(26)34(30,31)22-15-11-20(4)12-16-22/h5-18,26H,1-4H3/b25-17+/t26-/m1/s1. The lowest BCUT2D eigenvalue weighted by Gasteiger charge is -2.41. The first-order valence-corrected chi connectivity index (χ1v) is 14.7. The molecule has 3 aromatic rings. The van der Waals surface area contributed by atoms with Crippen LogP contribution in [0.5, 0.6) is 0 Å². The number of sulfonamides is 1. The van der Waals surface area contributed by atoms with Crippen LogP contribution in [0.3, 0.4) is 0 Å². The van der Waals surface area contributed by atoms with Crippen LogP contribution in [0.2, 0.25) is 0 Å². The van der Waals surface area contributed by atoms with E-state index in [1.807, 2.05) is 52.0 Å². The summed E-state index contributed by atoms with van der Waals surface area (Å²) in [6, 6.07) is 20.2. The number of hydrogen-bond donors (Lipinski definition) is 0. The minimum absolute atomic E-state index is 0.104. The van der Waals surface area contributed by atoms with Crippen LogP contribution in [-0.4, -0.2) is 21.1 Å². The van der Waals surface area contributed by atoms with Gasteiger partial charge in [0.15, 0.2) is 0 Å². The number of rotatable bonds is 5. The van der Waals surface area contributed by atoms with Crippen LogP contribution >= 0.6 is 11.8 Å². The zero-order valence-electron chi connectivity index (χ0n) is 19.5. The van der Waals surface area contributed by atoms with Gasteiger partial charge in [0.1, 0.15) is 5.03 Å². The van der Waals surface area contributed by atoms with Gasteiger partial charge in [-0.3, -0.25) is 4.31 Å². The normalized spacial score (nSPS) is 17.7. The molecule has 0 radical (unpaired) electrons. The van der Waals surface area contributed by atoms with Crippen LogP contribution in [0, 0.1) is 19.8 Å². The zero-order valence-corrected chi connectivity index (χ0v) is 21.9. The van der Waals surface area contributed by atoms with E-state index < -0.39 is 25.9 Å². The van der Waals surface area contributed by atoms with Gasteiger partial charge in [0, 0.05) is 4.90 Å². The van der Waals surface area contributed by atoms with Gasteiger partial charge in [-0.2, -0.15) is 0 Å². The maximum absolute atomic E-state index is 14.0. The van der Waals surface area contributed by atoms with Gasteiger partial charge in [0.25, 0.3) is 10.0 Å². The van der Waals surface area contributed by atoms with E-state index in [9.17, 15) is 16.8 Å². The van der Waals surface area contributed by atoms with Crippen molar-refractivity contribution in [3.8, 4) is 0 Å². The molecule has 3 aromatic carbocycles. The number of thioether (sulfide) groups is 1. The van der Waals surface area contributed by atoms with Gasteiger partial charge >= 0.3 is 0 Å². The van der Waals surface area contributed by atoms with Crippen molar-refractivity contribution >= 4 is 31.6 Å². The fourth-order valence-corrected chi connectivity index (χ4v) is 8.58. The molecule has 178 valence electrons. The molecule has 1 atom stereocenters. The Balaban J connectivity index is 1.95. The highest BCUT2D eigenvalue weighted by molar-refractivity contribution is 8.05. The predicted molar refractivity (Wildman–Crippen MR) is 137 cm³/mol. The Hall–Kier alpha value is -2.55. The largest absolute Gasteiger partial charge is 0.265 e. The summed E-state index contributed by atoms with van der Waals surface area (Å²) in [5.41, 5.74) is 2.74. The fourth-order valence-electron chi connectivity index (χ4n) is 3.97. The molecule has 0 saturated heterocycles. The molecule has 1 heterocycles. The second-order valence-electron chi connectivity index (χ2n) is 8.76. The van der Waals surface area contributed by atoms with E-state index in [0.717, 1.165) is 38.8 Å². The maximum Gasteiger partial charge on any atom is 0.265 e. The topological polar surface area (TPSA) is 71.5 Å². The van der Waals surface area contributed by atoms with E-state index in [2.05, 4.69) is 0 Å². The number of sulfone groups is 1. The summed E-state index contributed by atoms with van der Waals surface area (Å²) in [7, 11) is -7.95. The highest BCUT2D eigenvalue weighted by Gasteiger charge is 2.41. The molecule has 1 aliphatic rings. The quantitative estimate of drug-likeness (QED) is 0.414. The molecule has 0 spiro atoms. The minimum Gasteiger partial charge on any atom is -0.252 e. The molecule has 5 nitrogen and oxygen atoms in total. The Morgan fingerprint density at radius 3 is 1.88 bits per heavy atom. The predicted octanol–water partition coefficient (Wildman–Crippen LogP) is 6.07. The first-order chi connectivity index (χ1) is 16.0. The van der Waals surface area contributed by atoms with Crippen molar-refractivity contribution in [2.45, 2.75) is 48.4 Å². The lowest BCUT2D eigenvalue weighted by Crippen LogP contribution is -2.38. The summed E-state index contributed by atoms with van der Waals surface area (Å²) >= 11 is 1.16. The van der Waals surface area contributed by atoms with Gasteiger partial charge < -0.3 is 0 Å². The van der Waals surface area contributed by atoms with Gasteiger partial charge in [-0.15, -0.1) is 0 Å². The molecule has 8 heteroatoms. The molecule has 0 N–H and O–H groups in total. The Kier molecular flexibility index (Phi) is 6.68. The molecule has 0 bridgehead atoms. The molecule has 1 aliphatic heterocycles. The summed E-state index contributed by atoms with van der Waals surface area (Å²) in [6.45, 7) is 7.66. The molecule has 0 aliphatic carbocycles. The van der Waals surface area contributed by atoms with E-state index >= 15 is 0 Å². The van der Waals surface area contributed by atoms with Crippen molar-refractivity contribution < 1.29 is 16.8 Å². The summed E-state index contributed by atoms with van der Waals surface area (Å²) in [5.74, 6) is -0.104. The molecule has 4 rings (SSSR count). The monoisotopic (exact) mass is 513 g/mol. The smallest absolute Gasteiger partial charge is 0.252 e. The van der Waals surface area contributed by atoms with Crippen LogP contribution in [0.1, 0.15) is 36.6 Å². The van der Waals surface area contributed by atoms with E-state index in [0.29, 0.717) is 0 Å². The molecule has 0 saturated carbocycles. The number of nitrogens with zero attached hydrogens (tertiary/aromatic N) is 1. The van der Waals surface area contributed by atoms with Crippen molar-refractivity contribution in [1.29, 1.82) is 0 Å². The summed E-state index contributed by atoms with van der Waals surface area (Å²) in [5, 5.41) is 1.26. The summed E-state index contributed by atoms with van der Waals surface area (Å²) in [6.07, 6.45) is 0. The van der Waals surface area contributed by atoms with Crippen molar-refractivity contribution in [2.24, 2.45) is 5.92 Å². The zero-order chi connectivity index (χ0) is 24.7. The van der Waals surface area contributed by atoms with E-state index in [-0.39, 0.29) is 20.7 Å². The van der Waals surface area contributed by atoms with E-state index in [1.165, 1.54) is 4.31 Å². The SMILES string of the molecule is Cc1ccc(S(=O)(=O)/C=C2/Sc3ccccc3[C@@H](C(C)C)N2S(=O)(=O)c2ccc(C)cc2)cc1. The Morgan fingerprint density at radius 2 is 1.32 bits per heavy atom.